The molecule has 0 bridgehead atoms. The first-order valence-corrected chi connectivity index (χ1v) is 7.99. The van der Waals surface area contributed by atoms with Gasteiger partial charge in [0.25, 0.3) is 0 Å². The molecule has 0 aromatic carbocycles. The highest BCUT2D eigenvalue weighted by Crippen LogP contribution is 2.26. The Bertz CT molecular complexity index is 166. The van der Waals surface area contributed by atoms with E-state index in [0.29, 0.717) is 19.8 Å². The molecule has 0 saturated heterocycles. The molecule has 0 aromatic heterocycles. The Kier molecular flexibility index (Phi) is 6.53. The zero-order valence-electron chi connectivity index (χ0n) is 10.7. The van der Waals surface area contributed by atoms with Crippen molar-refractivity contribution in [2.45, 2.75) is 52.6 Å². The van der Waals surface area contributed by atoms with Crippen molar-refractivity contribution in [3.8, 4) is 0 Å². The summed E-state index contributed by atoms with van der Waals surface area (Å²) in [5.74, 6) is 0. The molecule has 0 amide bonds. The molecule has 1 aliphatic carbocycles. The van der Waals surface area contributed by atoms with Gasteiger partial charge in [-0.2, -0.15) is 0 Å². The third-order valence-corrected chi connectivity index (χ3v) is 5.13. The minimum Gasteiger partial charge on any atom is -0.351 e. The van der Waals surface area contributed by atoms with E-state index in [-0.39, 0.29) is 6.10 Å². The second-order valence-electron chi connectivity index (χ2n) is 3.82. The van der Waals surface area contributed by atoms with Crippen LogP contribution in [0.5, 0.6) is 0 Å². The van der Waals surface area contributed by atoms with Gasteiger partial charge in [0.1, 0.15) is 0 Å². The molecular weight excluding hydrogens is 224 g/mol. The highest BCUT2D eigenvalue weighted by atomic mass is 28.4. The SMILES string of the molecule is CCO[Si](OCC)(OCC)OC1CCCC1. The fourth-order valence-electron chi connectivity index (χ4n) is 1.97. The Morgan fingerprint density at radius 1 is 0.875 bits per heavy atom. The Morgan fingerprint density at radius 2 is 1.31 bits per heavy atom. The molecule has 1 fully saturated rings. The number of hydrogen-bond acceptors (Lipinski definition) is 4. The summed E-state index contributed by atoms with van der Waals surface area (Å²) in [5.41, 5.74) is 0. The normalized spacial score (nSPS) is 18.2. The number of hydrogen-bond donors (Lipinski definition) is 0. The highest BCUT2D eigenvalue weighted by Gasteiger charge is 2.47. The van der Waals surface area contributed by atoms with Crippen molar-refractivity contribution >= 4 is 9.05 Å². The van der Waals surface area contributed by atoms with E-state index in [2.05, 4.69) is 0 Å². The molecule has 0 atom stereocenters. The smallest absolute Gasteiger partial charge is 0.351 e. The van der Waals surface area contributed by atoms with Gasteiger partial charge in [-0.25, -0.2) is 0 Å². The largest absolute Gasteiger partial charge is 0.679 e. The van der Waals surface area contributed by atoms with Crippen LogP contribution in [0.4, 0.5) is 0 Å². The van der Waals surface area contributed by atoms with E-state index in [1.165, 1.54) is 12.8 Å². The molecule has 0 unspecified atom stereocenters. The minimum absolute atomic E-state index is 0.260. The third-order valence-electron chi connectivity index (χ3n) is 2.58. The van der Waals surface area contributed by atoms with Crippen molar-refractivity contribution in [3.63, 3.8) is 0 Å². The molecule has 1 aliphatic rings. The van der Waals surface area contributed by atoms with Gasteiger partial charge in [-0.1, -0.05) is 12.8 Å². The first kappa shape index (κ1) is 14.1. The molecule has 0 radical (unpaired) electrons. The van der Waals surface area contributed by atoms with Crippen molar-refractivity contribution in [1.29, 1.82) is 0 Å². The Balaban J connectivity index is 2.56. The van der Waals surface area contributed by atoms with Crippen LogP contribution in [0.25, 0.3) is 0 Å². The Labute approximate surface area is 99.7 Å². The van der Waals surface area contributed by atoms with Crippen LogP contribution >= 0.6 is 0 Å². The van der Waals surface area contributed by atoms with E-state index in [0.717, 1.165) is 12.8 Å². The molecule has 0 spiro atoms. The Hall–Kier alpha value is 0.0569. The van der Waals surface area contributed by atoms with Gasteiger partial charge in [-0.15, -0.1) is 0 Å². The van der Waals surface area contributed by atoms with Crippen LogP contribution in [0, 0.1) is 0 Å². The van der Waals surface area contributed by atoms with E-state index in [1.54, 1.807) is 0 Å². The second kappa shape index (κ2) is 7.40. The molecule has 0 heterocycles. The summed E-state index contributed by atoms with van der Waals surface area (Å²) in [6, 6.07) is 0. The van der Waals surface area contributed by atoms with Crippen LogP contribution in [0.2, 0.25) is 0 Å². The lowest BCUT2D eigenvalue weighted by atomic mass is 10.3. The lowest BCUT2D eigenvalue weighted by molar-refractivity contribution is -0.0485. The van der Waals surface area contributed by atoms with Gasteiger partial charge in [-0.3, -0.25) is 0 Å². The Morgan fingerprint density at radius 3 is 1.69 bits per heavy atom. The topological polar surface area (TPSA) is 36.9 Å². The van der Waals surface area contributed by atoms with Crippen molar-refractivity contribution < 1.29 is 17.7 Å². The molecule has 0 aromatic rings. The van der Waals surface area contributed by atoms with Gasteiger partial charge in [0.2, 0.25) is 0 Å². The van der Waals surface area contributed by atoms with Crippen LogP contribution in [0.1, 0.15) is 46.5 Å². The van der Waals surface area contributed by atoms with E-state index < -0.39 is 9.05 Å². The maximum atomic E-state index is 5.99. The van der Waals surface area contributed by atoms with Crippen molar-refractivity contribution in [1.82, 2.24) is 0 Å². The van der Waals surface area contributed by atoms with Crippen LogP contribution < -0.4 is 0 Å². The quantitative estimate of drug-likeness (QED) is 0.618. The van der Waals surface area contributed by atoms with E-state index in [1.807, 2.05) is 20.8 Å². The summed E-state index contributed by atoms with van der Waals surface area (Å²) in [5, 5.41) is 0. The van der Waals surface area contributed by atoms with Gasteiger partial charge in [0.05, 0.1) is 6.10 Å². The van der Waals surface area contributed by atoms with E-state index >= 15 is 0 Å². The summed E-state index contributed by atoms with van der Waals surface area (Å²) in [6.45, 7) is 7.53. The van der Waals surface area contributed by atoms with Crippen LogP contribution in [0.15, 0.2) is 0 Å². The lowest BCUT2D eigenvalue weighted by Crippen LogP contribution is -2.51. The van der Waals surface area contributed by atoms with Gasteiger partial charge < -0.3 is 17.7 Å². The minimum atomic E-state index is -2.86. The third kappa shape index (κ3) is 4.14. The summed E-state index contributed by atoms with van der Waals surface area (Å²) in [7, 11) is -2.86. The van der Waals surface area contributed by atoms with Gasteiger partial charge in [0.15, 0.2) is 0 Å². The van der Waals surface area contributed by atoms with Crippen molar-refractivity contribution in [2.75, 3.05) is 19.8 Å². The zero-order valence-corrected chi connectivity index (χ0v) is 11.7. The van der Waals surface area contributed by atoms with Crippen molar-refractivity contribution in [3.05, 3.63) is 0 Å². The maximum absolute atomic E-state index is 5.99. The predicted octanol–water partition coefficient (Wildman–Crippen LogP) is 2.49. The number of rotatable bonds is 8. The average Bonchev–Trinajstić information content (AvgIpc) is 2.71. The average molecular weight is 248 g/mol. The molecule has 0 aliphatic heterocycles. The van der Waals surface area contributed by atoms with Crippen LogP contribution in [0.3, 0.4) is 0 Å². The van der Waals surface area contributed by atoms with Crippen LogP contribution in [-0.4, -0.2) is 35.0 Å². The first-order valence-electron chi connectivity index (χ1n) is 6.36. The summed E-state index contributed by atoms with van der Waals surface area (Å²) in [6.07, 6.45) is 4.93. The molecule has 1 rings (SSSR count). The fourth-order valence-corrected chi connectivity index (χ4v) is 4.13. The summed E-state index contributed by atoms with van der Waals surface area (Å²) < 4.78 is 22.9. The maximum Gasteiger partial charge on any atom is 0.679 e. The molecule has 5 heteroatoms. The van der Waals surface area contributed by atoms with Crippen molar-refractivity contribution in [2.24, 2.45) is 0 Å². The van der Waals surface area contributed by atoms with Gasteiger partial charge >= 0.3 is 9.05 Å². The zero-order chi connectivity index (χ0) is 11.9. The molecule has 16 heavy (non-hydrogen) atoms. The summed E-state index contributed by atoms with van der Waals surface area (Å²) in [4.78, 5) is 0. The lowest BCUT2D eigenvalue weighted by Gasteiger charge is -2.29. The molecule has 96 valence electrons. The molecular formula is C11H24O4Si. The van der Waals surface area contributed by atoms with Gasteiger partial charge in [0, 0.05) is 19.8 Å². The highest BCUT2D eigenvalue weighted by molar-refractivity contribution is 6.53. The monoisotopic (exact) mass is 248 g/mol. The van der Waals surface area contributed by atoms with Gasteiger partial charge in [-0.05, 0) is 33.6 Å². The van der Waals surface area contributed by atoms with E-state index in [4.69, 9.17) is 17.7 Å². The van der Waals surface area contributed by atoms with Crippen LogP contribution in [-0.2, 0) is 17.7 Å². The first-order chi connectivity index (χ1) is 7.76. The predicted molar refractivity (Wildman–Crippen MR) is 64.0 cm³/mol. The molecule has 1 saturated carbocycles. The fraction of sp³-hybridized carbons (Fsp3) is 1.00. The summed E-state index contributed by atoms with van der Waals surface area (Å²) >= 11 is 0. The molecule has 0 N–H and O–H groups in total. The molecule has 4 nitrogen and oxygen atoms in total. The second-order valence-corrected chi connectivity index (χ2v) is 5.93. The standard InChI is InChI=1S/C11H24O4Si/c1-4-12-16(13-5-2,14-6-3)15-11-9-7-8-10-11/h11H,4-10H2,1-3H3. The van der Waals surface area contributed by atoms with E-state index in [9.17, 15) is 0 Å².